The largest absolute Gasteiger partial charge is 0.379 e. The van der Waals surface area contributed by atoms with E-state index in [1.807, 2.05) is 13.8 Å². The van der Waals surface area contributed by atoms with E-state index in [-0.39, 0.29) is 33.0 Å². The zero-order valence-corrected chi connectivity index (χ0v) is 15.6. The molecule has 0 unspecified atom stereocenters. The zero-order chi connectivity index (χ0) is 18.9. The first-order valence-corrected chi connectivity index (χ1v) is 8.76. The number of nitrogens with one attached hydrogen (secondary N) is 2. The summed E-state index contributed by atoms with van der Waals surface area (Å²) in [7, 11) is 0. The van der Waals surface area contributed by atoms with E-state index in [1.54, 1.807) is 6.92 Å². The topological polar surface area (TPSA) is 103 Å². The van der Waals surface area contributed by atoms with Gasteiger partial charge < -0.3 is 24.8 Å². The maximum absolute atomic E-state index is 11.5. The van der Waals surface area contributed by atoms with Crippen LogP contribution in [-0.4, -0.2) is 70.3 Å². The second-order valence-corrected chi connectivity index (χ2v) is 5.70. The van der Waals surface area contributed by atoms with Gasteiger partial charge in [-0.3, -0.25) is 14.4 Å². The number of hydrogen-bond donors (Lipinski definition) is 2. The fourth-order valence-corrected chi connectivity index (χ4v) is 1.65. The lowest BCUT2D eigenvalue weighted by Gasteiger charge is -2.08. The molecule has 0 atom stereocenters. The second kappa shape index (κ2) is 16.0. The van der Waals surface area contributed by atoms with Crippen molar-refractivity contribution in [2.45, 2.75) is 33.6 Å². The molecule has 0 aliphatic rings. The average molecular weight is 364 g/mol. The maximum Gasteiger partial charge on any atom is 0.246 e. The molecule has 0 rings (SSSR count). The van der Waals surface area contributed by atoms with Crippen molar-refractivity contribution < 1.29 is 31.4 Å². The van der Waals surface area contributed by atoms with Crippen molar-refractivity contribution in [3.05, 3.63) is 0 Å². The zero-order valence-electron chi connectivity index (χ0n) is 15.6. The molecule has 0 saturated carbocycles. The van der Waals surface area contributed by atoms with Crippen molar-refractivity contribution in [3.8, 4) is 0 Å². The Hall–Kier alpha value is -1.51. The first-order valence-electron chi connectivity index (χ1n) is 8.76. The summed E-state index contributed by atoms with van der Waals surface area (Å²) in [6, 6.07) is 0. The molecule has 8 nitrogen and oxygen atoms in total. The highest BCUT2D eigenvalue weighted by molar-refractivity contribution is 5.80. The van der Waals surface area contributed by atoms with Crippen LogP contribution in [0, 0.1) is 5.92 Å². The number of hydrogen-bond acceptors (Lipinski definition) is 6. The van der Waals surface area contributed by atoms with Crippen molar-refractivity contribution in [1.82, 2.24) is 10.6 Å². The molecule has 0 heterocycles. The molecule has 0 radical (unpaired) electrons. The smallest absolute Gasteiger partial charge is 0.246 e. The number of carbonyl (C=O) groups is 3. The summed E-state index contributed by atoms with van der Waals surface area (Å²) < 4.78 is 15.7. The standard InChI is InChI=1S/C17H32N2O6.2H2/c1-4-16(21)18-7-10-25-13-17(22)19-6-9-24-12-11-23-8-5-15(20)14(2)3;;/h14H,4-13H2,1-3H3,(H,18,21)(H,19,22);2*1H. The van der Waals surface area contributed by atoms with Gasteiger partial charge in [-0.1, -0.05) is 20.8 Å². The maximum atomic E-state index is 11.5. The van der Waals surface area contributed by atoms with Gasteiger partial charge in [-0.05, 0) is 0 Å². The van der Waals surface area contributed by atoms with Crippen molar-refractivity contribution >= 4 is 17.6 Å². The summed E-state index contributed by atoms with van der Waals surface area (Å²) >= 11 is 0. The summed E-state index contributed by atoms with van der Waals surface area (Å²) in [4.78, 5) is 33.8. The normalized spacial score (nSPS) is 10.7. The Morgan fingerprint density at radius 2 is 1.40 bits per heavy atom. The third kappa shape index (κ3) is 15.7. The van der Waals surface area contributed by atoms with Crippen LogP contribution in [0.3, 0.4) is 0 Å². The van der Waals surface area contributed by atoms with Crippen LogP contribution in [0.1, 0.15) is 36.5 Å². The van der Waals surface area contributed by atoms with Crippen LogP contribution in [0.15, 0.2) is 0 Å². The van der Waals surface area contributed by atoms with Gasteiger partial charge in [-0.15, -0.1) is 0 Å². The first kappa shape index (κ1) is 23.5. The molecule has 2 N–H and O–H groups in total. The molecule has 0 aliphatic heterocycles. The summed E-state index contributed by atoms with van der Waals surface area (Å²) in [5, 5.41) is 5.31. The van der Waals surface area contributed by atoms with E-state index in [0.29, 0.717) is 59.0 Å². The molecule has 25 heavy (non-hydrogen) atoms. The fourth-order valence-electron chi connectivity index (χ4n) is 1.65. The van der Waals surface area contributed by atoms with E-state index in [4.69, 9.17) is 14.2 Å². The van der Waals surface area contributed by atoms with E-state index in [9.17, 15) is 14.4 Å². The van der Waals surface area contributed by atoms with Crippen LogP contribution >= 0.6 is 0 Å². The highest BCUT2D eigenvalue weighted by Gasteiger charge is 2.06. The van der Waals surface area contributed by atoms with E-state index in [0.717, 1.165) is 0 Å². The Bertz CT molecular complexity index is 398. The van der Waals surface area contributed by atoms with Gasteiger partial charge >= 0.3 is 0 Å². The summed E-state index contributed by atoms with van der Waals surface area (Å²) in [6.07, 6.45) is 0.859. The van der Waals surface area contributed by atoms with Crippen molar-refractivity contribution in [3.63, 3.8) is 0 Å². The van der Waals surface area contributed by atoms with Crippen LogP contribution in [0.5, 0.6) is 0 Å². The van der Waals surface area contributed by atoms with Gasteiger partial charge in [-0.2, -0.15) is 0 Å². The summed E-state index contributed by atoms with van der Waals surface area (Å²) in [6.45, 7) is 8.18. The minimum Gasteiger partial charge on any atom is -0.379 e. The lowest BCUT2D eigenvalue weighted by molar-refractivity contribution is -0.126. The highest BCUT2D eigenvalue weighted by Crippen LogP contribution is 1.98. The SMILES string of the molecule is CCC(=O)NCCOCC(=O)NCCOCCOCCC(=O)C(C)C.[HH].[HH]. The Morgan fingerprint density at radius 1 is 0.840 bits per heavy atom. The van der Waals surface area contributed by atoms with Crippen molar-refractivity contribution in [1.29, 1.82) is 0 Å². The Morgan fingerprint density at radius 3 is 2.00 bits per heavy atom. The molecule has 0 bridgehead atoms. The van der Waals surface area contributed by atoms with E-state index >= 15 is 0 Å². The molecule has 0 fully saturated rings. The second-order valence-electron chi connectivity index (χ2n) is 5.70. The molecule has 150 valence electrons. The van der Waals surface area contributed by atoms with Crippen LogP contribution < -0.4 is 10.6 Å². The third-order valence-electron chi connectivity index (χ3n) is 3.20. The monoisotopic (exact) mass is 364 g/mol. The minimum atomic E-state index is -0.228. The van der Waals surface area contributed by atoms with Crippen LogP contribution in [0.4, 0.5) is 0 Å². The predicted molar refractivity (Wildman–Crippen MR) is 97.5 cm³/mol. The van der Waals surface area contributed by atoms with Gasteiger partial charge in [0.05, 0.1) is 33.0 Å². The number of ketones is 1. The average Bonchev–Trinajstić information content (AvgIpc) is 2.59. The van der Waals surface area contributed by atoms with Gasteiger partial charge in [0, 0.05) is 34.7 Å². The van der Waals surface area contributed by atoms with Crippen molar-refractivity contribution in [2.75, 3.05) is 52.7 Å². The van der Waals surface area contributed by atoms with E-state index in [1.165, 1.54) is 0 Å². The molecule has 8 heteroatoms. The molecular weight excluding hydrogens is 328 g/mol. The Balaban J connectivity index is -0.00000288. The lowest BCUT2D eigenvalue weighted by atomic mass is 10.1. The highest BCUT2D eigenvalue weighted by atomic mass is 16.5. The minimum absolute atomic E-state index is 0. The third-order valence-corrected chi connectivity index (χ3v) is 3.20. The van der Waals surface area contributed by atoms with Gasteiger partial charge in [-0.25, -0.2) is 0 Å². The predicted octanol–water partition coefficient (Wildman–Crippen LogP) is 0.786. The van der Waals surface area contributed by atoms with Gasteiger partial charge in [0.1, 0.15) is 12.4 Å². The Labute approximate surface area is 152 Å². The van der Waals surface area contributed by atoms with Crippen molar-refractivity contribution in [2.24, 2.45) is 5.92 Å². The van der Waals surface area contributed by atoms with Crippen LogP contribution in [0.25, 0.3) is 0 Å². The van der Waals surface area contributed by atoms with Gasteiger partial charge in [0.2, 0.25) is 11.8 Å². The summed E-state index contributed by atoms with van der Waals surface area (Å²) in [5.41, 5.74) is 0. The lowest BCUT2D eigenvalue weighted by Crippen LogP contribution is -2.32. The number of rotatable bonds is 16. The molecule has 0 spiro atoms. The van der Waals surface area contributed by atoms with Gasteiger partial charge in [0.15, 0.2) is 0 Å². The fraction of sp³-hybridized carbons (Fsp3) is 0.824. The number of carbonyl (C=O) groups excluding carboxylic acids is 3. The first-order chi connectivity index (χ1) is 12.0. The molecule has 0 aromatic heterocycles. The molecule has 2 amide bonds. The molecule has 0 aromatic rings. The summed E-state index contributed by atoms with van der Waals surface area (Å²) in [5.74, 6) is -0.0318. The number of Topliss-reactive ketones (excluding diaryl/α,β-unsaturated/α-hetero) is 1. The van der Waals surface area contributed by atoms with E-state index < -0.39 is 0 Å². The quantitative estimate of drug-likeness (QED) is 0.393. The van der Waals surface area contributed by atoms with Gasteiger partial charge in [0.25, 0.3) is 0 Å². The Kier molecular flexibility index (Phi) is 15.0. The number of amides is 2. The molecular formula is C17H36N2O6. The molecule has 0 aliphatic carbocycles. The van der Waals surface area contributed by atoms with Crippen LogP contribution in [-0.2, 0) is 28.6 Å². The number of ether oxygens (including phenoxy) is 3. The van der Waals surface area contributed by atoms with E-state index in [2.05, 4.69) is 10.6 Å². The molecule has 0 aromatic carbocycles. The molecule has 0 saturated heterocycles. The van der Waals surface area contributed by atoms with Crippen LogP contribution in [0.2, 0.25) is 0 Å².